The lowest BCUT2D eigenvalue weighted by molar-refractivity contribution is 0.232. The summed E-state index contributed by atoms with van der Waals surface area (Å²) < 4.78 is 6.57. The number of rotatable bonds is 4. The van der Waals surface area contributed by atoms with Gasteiger partial charge in [-0.05, 0) is 25.5 Å². The van der Waals surface area contributed by atoms with E-state index in [1.165, 1.54) is 0 Å². The van der Waals surface area contributed by atoms with Gasteiger partial charge in [0, 0.05) is 24.9 Å². The van der Waals surface area contributed by atoms with E-state index in [9.17, 15) is 4.79 Å². The molecule has 2 aromatic rings. The monoisotopic (exact) mass is 260 g/mol. The zero-order valence-corrected chi connectivity index (χ0v) is 10.9. The van der Waals surface area contributed by atoms with Crippen molar-refractivity contribution in [2.75, 3.05) is 0 Å². The van der Waals surface area contributed by atoms with Crippen molar-refractivity contribution < 1.29 is 9.53 Å². The molecule has 2 rings (SSSR count). The quantitative estimate of drug-likeness (QED) is 0.904. The predicted octanol–water partition coefficient (Wildman–Crippen LogP) is 1.58. The number of nitrogens with zero attached hydrogens (tertiary/aromatic N) is 3. The number of hydrogen-bond acceptors (Lipinski definition) is 4. The number of ether oxygens (including phenoxy) is 1. The minimum atomic E-state index is -0.593. The molecular formula is C13H16N4O2. The van der Waals surface area contributed by atoms with Gasteiger partial charge in [-0.25, -0.2) is 9.78 Å². The van der Waals surface area contributed by atoms with Crippen molar-refractivity contribution in [2.45, 2.75) is 26.4 Å². The van der Waals surface area contributed by atoms with Gasteiger partial charge in [-0.15, -0.1) is 0 Å². The number of hydrogen-bond donors (Lipinski definition) is 1. The third-order valence-electron chi connectivity index (χ3n) is 2.41. The van der Waals surface area contributed by atoms with Gasteiger partial charge in [0.05, 0.1) is 11.8 Å². The highest BCUT2D eigenvalue weighted by atomic mass is 16.5. The van der Waals surface area contributed by atoms with Crippen LogP contribution in [0.2, 0.25) is 0 Å². The molecule has 2 aromatic heterocycles. The second-order valence-corrected chi connectivity index (χ2v) is 4.44. The van der Waals surface area contributed by atoms with Gasteiger partial charge in [0.2, 0.25) is 5.88 Å². The SMILES string of the molecule is CC(C)Oc1ccc(Cc2ccn(C(N)=O)n2)cn1. The van der Waals surface area contributed by atoms with Crippen LogP contribution in [-0.4, -0.2) is 26.9 Å². The molecule has 0 bridgehead atoms. The summed E-state index contributed by atoms with van der Waals surface area (Å²) in [6, 6.07) is 4.91. The van der Waals surface area contributed by atoms with Crippen LogP contribution >= 0.6 is 0 Å². The number of carbonyl (C=O) groups excluding carboxylic acids is 1. The van der Waals surface area contributed by atoms with Gasteiger partial charge in [-0.3, -0.25) is 0 Å². The first kappa shape index (κ1) is 13.1. The normalized spacial score (nSPS) is 10.7. The molecule has 19 heavy (non-hydrogen) atoms. The molecule has 0 radical (unpaired) electrons. The number of primary amides is 1. The Bertz CT molecular complexity index is 560. The van der Waals surface area contributed by atoms with Crippen LogP contribution in [0.4, 0.5) is 4.79 Å². The lowest BCUT2D eigenvalue weighted by Crippen LogP contribution is -2.20. The minimum Gasteiger partial charge on any atom is -0.475 e. The Balaban J connectivity index is 2.04. The molecule has 0 saturated heterocycles. The second kappa shape index (κ2) is 5.51. The van der Waals surface area contributed by atoms with Crippen molar-refractivity contribution in [3.63, 3.8) is 0 Å². The van der Waals surface area contributed by atoms with Crippen LogP contribution in [0, 0.1) is 0 Å². The topological polar surface area (TPSA) is 83.0 Å². The van der Waals surface area contributed by atoms with Crippen molar-refractivity contribution in [2.24, 2.45) is 5.73 Å². The number of carbonyl (C=O) groups is 1. The van der Waals surface area contributed by atoms with E-state index in [-0.39, 0.29) is 6.10 Å². The van der Waals surface area contributed by atoms with E-state index in [1.807, 2.05) is 26.0 Å². The molecule has 0 aliphatic carbocycles. The van der Waals surface area contributed by atoms with Crippen molar-refractivity contribution >= 4 is 6.03 Å². The van der Waals surface area contributed by atoms with E-state index in [4.69, 9.17) is 10.5 Å². The van der Waals surface area contributed by atoms with Crippen LogP contribution in [-0.2, 0) is 6.42 Å². The van der Waals surface area contributed by atoms with E-state index in [0.29, 0.717) is 12.3 Å². The predicted molar refractivity (Wildman–Crippen MR) is 70.0 cm³/mol. The van der Waals surface area contributed by atoms with E-state index < -0.39 is 6.03 Å². The minimum absolute atomic E-state index is 0.101. The molecule has 0 aromatic carbocycles. The first-order chi connectivity index (χ1) is 9.04. The molecule has 0 aliphatic rings. The summed E-state index contributed by atoms with van der Waals surface area (Å²) in [4.78, 5) is 15.1. The van der Waals surface area contributed by atoms with E-state index in [2.05, 4.69) is 10.1 Å². The first-order valence-corrected chi connectivity index (χ1v) is 6.00. The highest BCUT2D eigenvalue weighted by molar-refractivity contribution is 5.73. The van der Waals surface area contributed by atoms with E-state index in [1.54, 1.807) is 18.5 Å². The molecule has 0 unspecified atom stereocenters. The van der Waals surface area contributed by atoms with Crippen LogP contribution in [0.15, 0.2) is 30.6 Å². The summed E-state index contributed by atoms with van der Waals surface area (Å²) in [5.41, 5.74) is 6.87. The molecule has 2 heterocycles. The van der Waals surface area contributed by atoms with Crippen LogP contribution in [0.1, 0.15) is 25.1 Å². The van der Waals surface area contributed by atoms with Gasteiger partial charge in [-0.2, -0.15) is 9.78 Å². The van der Waals surface area contributed by atoms with E-state index >= 15 is 0 Å². The smallest absolute Gasteiger partial charge is 0.339 e. The van der Waals surface area contributed by atoms with Crippen LogP contribution < -0.4 is 10.5 Å². The molecule has 0 saturated carbocycles. The molecule has 2 N–H and O–H groups in total. The molecule has 6 heteroatoms. The maximum atomic E-state index is 10.9. The summed E-state index contributed by atoms with van der Waals surface area (Å²) in [6.07, 6.45) is 3.97. The Morgan fingerprint density at radius 3 is 2.74 bits per heavy atom. The Hall–Kier alpha value is -2.37. The Labute approximate surface area is 111 Å². The summed E-state index contributed by atoms with van der Waals surface area (Å²) in [5.74, 6) is 0.599. The van der Waals surface area contributed by atoms with Crippen molar-refractivity contribution in [3.05, 3.63) is 41.9 Å². The largest absolute Gasteiger partial charge is 0.475 e. The summed E-state index contributed by atoms with van der Waals surface area (Å²) in [5, 5.41) is 4.06. The highest BCUT2D eigenvalue weighted by Crippen LogP contribution is 2.12. The molecule has 6 nitrogen and oxygen atoms in total. The standard InChI is InChI=1S/C13H16N4O2/c1-9(2)19-12-4-3-10(8-15-12)7-11-5-6-17(16-11)13(14)18/h3-6,8-9H,7H2,1-2H3,(H2,14,18). The zero-order chi connectivity index (χ0) is 13.8. The molecular weight excluding hydrogens is 244 g/mol. The zero-order valence-electron chi connectivity index (χ0n) is 10.9. The highest BCUT2D eigenvalue weighted by Gasteiger charge is 2.05. The van der Waals surface area contributed by atoms with Gasteiger partial charge < -0.3 is 10.5 Å². The summed E-state index contributed by atoms with van der Waals surface area (Å²) >= 11 is 0. The van der Waals surface area contributed by atoms with E-state index in [0.717, 1.165) is 15.9 Å². The maximum Gasteiger partial charge on any atom is 0.339 e. The average molecular weight is 260 g/mol. The first-order valence-electron chi connectivity index (χ1n) is 6.00. The molecule has 0 atom stereocenters. The van der Waals surface area contributed by atoms with Crippen LogP contribution in [0.25, 0.3) is 0 Å². The third-order valence-corrected chi connectivity index (χ3v) is 2.41. The van der Waals surface area contributed by atoms with Gasteiger partial charge in [0.15, 0.2) is 0 Å². The summed E-state index contributed by atoms with van der Waals surface area (Å²) in [6.45, 7) is 3.90. The second-order valence-electron chi connectivity index (χ2n) is 4.44. The van der Waals surface area contributed by atoms with Crippen molar-refractivity contribution in [3.8, 4) is 5.88 Å². The van der Waals surface area contributed by atoms with Crippen molar-refractivity contribution in [1.29, 1.82) is 0 Å². The van der Waals surface area contributed by atoms with Crippen LogP contribution in [0.3, 0.4) is 0 Å². The number of amides is 1. The fourth-order valence-corrected chi connectivity index (χ4v) is 1.61. The molecule has 1 amide bonds. The molecule has 0 fully saturated rings. The lowest BCUT2D eigenvalue weighted by atomic mass is 10.2. The Morgan fingerprint density at radius 2 is 2.21 bits per heavy atom. The fourth-order valence-electron chi connectivity index (χ4n) is 1.61. The number of pyridine rings is 1. The fraction of sp³-hybridized carbons (Fsp3) is 0.308. The van der Waals surface area contributed by atoms with Gasteiger partial charge in [0.25, 0.3) is 0 Å². The number of aromatic nitrogens is 3. The Kier molecular flexibility index (Phi) is 3.79. The van der Waals surface area contributed by atoms with Gasteiger partial charge in [0.1, 0.15) is 0 Å². The third kappa shape index (κ3) is 3.54. The molecule has 0 aliphatic heterocycles. The van der Waals surface area contributed by atoms with Crippen LogP contribution in [0.5, 0.6) is 5.88 Å². The van der Waals surface area contributed by atoms with Gasteiger partial charge in [-0.1, -0.05) is 6.07 Å². The maximum absolute atomic E-state index is 10.9. The average Bonchev–Trinajstić information content (AvgIpc) is 2.80. The molecule has 100 valence electrons. The summed E-state index contributed by atoms with van der Waals surface area (Å²) in [7, 11) is 0. The Morgan fingerprint density at radius 1 is 1.42 bits per heavy atom. The lowest BCUT2D eigenvalue weighted by Gasteiger charge is -2.08. The van der Waals surface area contributed by atoms with Crippen molar-refractivity contribution in [1.82, 2.24) is 14.8 Å². The molecule has 0 spiro atoms. The van der Waals surface area contributed by atoms with Gasteiger partial charge >= 0.3 is 6.03 Å². The number of nitrogens with two attached hydrogens (primary N) is 1.